The van der Waals surface area contributed by atoms with Crippen LogP contribution < -0.4 is 4.90 Å². The van der Waals surface area contributed by atoms with Crippen LogP contribution in [0.15, 0.2) is 24.3 Å². The largest absolute Gasteiger partial charge is 0.306 e. The number of para-hydroxylation sites is 1. The number of aromatic nitrogens is 2. The van der Waals surface area contributed by atoms with E-state index in [1.54, 1.807) is 4.90 Å². The molecule has 0 saturated carbocycles. The molecule has 18 heavy (non-hydrogen) atoms. The summed E-state index contributed by atoms with van der Waals surface area (Å²) in [5.41, 5.74) is 1.93. The average molecular weight is 282 g/mol. The molecule has 0 unspecified atom stereocenters. The molecule has 1 heterocycles. The van der Waals surface area contributed by atoms with Crippen LogP contribution in [0.5, 0.6) is 0 Å². The zero-order chi connectivity index (χ0) is 13.1. The number of anilines is 1. The molecule has 0 aliphatic heterocycles. The predicted molar refractivity (Wildman–Crippen MR) is 73.4 cm³/mol. The minimum absolute atomic E-state index is 0.170. The molecule has 1 aromatic carbocycles. The van der Waals surface area contributed by atoms with Crippen molar-refractivity contribution in [1.82, 2.24) is 10.2 Å². The summed E-state index contributed by atoms with van der Waals surface area (Å²) in [6.07, 6.45) is 0. The molecule has 6 heteroatoms. The number of carbonyl (C=O) groups excluding carboxylic acids is 1. The lowest BCUT2D eigenvalue weighted by molar-refractivity contribution is 0.0987. The molecule has 2 rings (SSSR count). The van der Waals surface area contributed by atoms with Crippen molar-refractivity contribution in [1.29, 1.82) is 0 Å². The van der Waals surface area contributed by atoms with Crippen LogP contribution in [0.25, 0.3) is 0 Å². The Morgan fingerprint density at radius 2 is 2.11 bits per heavy atom. The smallest absolute Gasteiger partial charge is 0.289 e. The van der Waals surface area contributed by atoms with Gasteiger partial charge in [0.1, 0.15) is 0 Å². The molecule has 1 aromatic heterocycles. The van der Waals surface area contributed by atoms with Gasteiger partial charge in [-0.1, -0.05) is 29.5 Å². The third kappa shape index (κ3) is 2.52. The Morgan fingerprint density at radius 1 is 1.39 bits per heavy atom. The van der Waals surface area contributed by atoms with Crippen LogP contribution in [0.2, 0.25) is 4.47 Å². The van der Waals surface area contributed by atoms with Crippen LogP contribution in [0.3, 0.4) is 0 Å². The first kappa shape index (κ1) is 13.0. The first-order valence-corrected chi connectivity index (χ1v) is 6.69. The second kappa shape index (κ2) is 5.46. The van der Waals surface area contributed by atoms with Crippen molar-refractivity contribution in [3.8, 4) is 0 Å². The van der Waals surface area contributed by atoms with Crippen LogP contribution in [-0.2, 0) is 0 Å². The van der Waals surface area contributed by atoms with Crippen molar-refractivity contribution >= 4 is 34.5 Å². The molecule has 0 atom stereocenters. The van der Waals surface area contributed by atoms with Gasteiger partial charge >= 0.3 is 0 Å². The maximum Gasteiger partial charge on any atom is 0.289 e. The van der Waals surface area contributed by atoms with E-state index < -0.39 is 0 Å². The van der Waals surface area contributed by atoms with Gasteiger partial charge < -0.3 is 4.90 Å². The average Bonchev–Trinajstić information content (AvgIpc) is 2.79. The van der Waals surface area contributed by atoms with Crippen LogP contribution in [0.4, 0.5) is 5.69 Å². The van der Waals surface area contributed by atoms with Crippen LogP contribution in [0, 0.1) is 6.92 Å². The van der Waals surface area contributed by atoms with E-state index in [2.05, 4.69) is 10.2 Å². The fourth-order valence-electron chi connectivity index (χ4n) is 1.70. The highest BCUT2D eigenvalue weighted by Crippen LogP contribution is 2.23. The summed E-state index contributed by atoms with van der Waals surface area (Å²) in [6, 6.07) is 7.74. The zero-order valence-corrected chi connectivity index (χ0v) is 11.6. The second-order valence-corrected chi connectivity index (χ2v) is 5.26. The van der Waals surface area contributed by atoms with E-state index in [1.807, 2.05) is 38.1 Å². The molecule has 4 nitrogen and oxygen atoms in total. The molecule has 2 aromatic rings. The van der Waals surface area contributed by atoms with E-state index in [0.29, 0.717) is 11.6 Å². The minimum Gasteiger partial charge on any atom is -0.306 e. The number of benzene rings is 1. The lowest BCUT2D eigenvalue weighted by Gasteiger charge is -2.21. The lowest BCUT2D eigenvalue weighted by Crippen LogP contribution is -2.31. The molecule has 0 fully saturated rings. The normalized spacial score (nSPS) is 10.4. The van der Waals surface area contributed by atoms with E-state index in [9.17, 15) is 4.79 Å². The Kier molecular flexibility index (Phi) is 3.93. The molecule has 94 valence electrons. The Morgan fingerprint density at radius 3 is 2.67 bits per heavy atom. The standard InChI is InChI=1S/C12H12ClN3OS/c1-3-16(9-7-5-4-6-8(9)2)11(17)10-14-15-12(13)18-10/h4-7H,3H2,1-2H3. The van der Waals surface area contributed by atoms with Gasteiger partial charge in [0.2, 0.25) is 9.47 Å². The highest BCUT2D eigenvalue weighted by molar-refractivity contribution is 7.17. The number of halogens is 1. The predicted octanol–water partition coefficient (Wildman–Crippen LogP) is 3.17. The number of aryl methyl sites for hydroxylation is 1. The van der Waals surface area contributed by atoms with Crippen molar-refractivity contribution in [2.45, 2.75) is 13.8 Å². The Balaban J connectivity index is 2.35. The van der Waals surface area contributed by atoms with Crippen molar-refractivity contribution in [3.63, 3.8) is 0 Å². The number of carbonyl (C=O) groups is 1. The number of nitrogens with zero attached hydrogens (tertiary/aromatic N) is 3. The fourth-order valence-corrected chi connectivity index (χ4v) is 2.47. The molecule has 0 N–H and O–H groups in total. The first-order chi connectivity index (χ1) is 8.63. The molecule has 0 spiro atoms. The molecule has 0 aliphatic carbocycles. The highest BCUT2D eigenvalue weighted by Gasteiger charge is 2.21. The molecule has 0 saturated heterocycles. The van der Waals surface area contributed by atoms with E-state index in [1.165, 1.54) is 0 Å². The maximum atomic E-state index is 12.3. The summed E-state index contributed by atoms with van der Waals surface area (Å²) in [6.45, 7) is 4.46. The molecular formula is C12H12ClN3OS. The number of hydrogen-bond donors (Lipinski definition) is 0. The summed E-state index contributed by atoms with van der Waals surface area (Å²) < 4.78 is 0.277. The highest BCUT2D eigenvalue weighted by atomic mass is 35.5. The number of amides is 1. The van der Waals surface area contributed by atoms with E-state index >= 15 is 0 Å². The van der Waals surface area contributed by atoms with Gasteiger partial charge in [-0.2, -0.15) is 0 Å². The van der Waals surface area contributed by atoms with Crippen LogP contribution >= 0.6 is 22.9 Å². The monoisotopic (exact) mass is 281 g/mol. The van der Waals surface area contributed by atoms with Crippen molar-refractivity contribution in [2.75, 3.05) is 11.4 Å². The molecule has 0 radical (unpaired) electrons. The van der Waals surface area contributed by atoms with Gasteiger partial charge in [-0.15, -0.1) is 10.2 Å². The minimum atomic E-state index is -0.170. The summed E-state index contributed by atoms with van der Waals surface area (Å²) >= 11 is 6.80. The third-order valence-electron chi connectivity index (χ3n) is 2.55. The fraction of sp³-hybridized carbons (Fsp3) is 0.250. The van der Waals surface area contributed by atoms with E-state index in [0.717, 1.165) is 22.6 Å². The quantitative estimate of drug-likeness (QED) is 0.868. The summed E-state index contributed by atoms with van der Waals surface area (Å²) in [4.78, 5) is 14.0. The Bertz CT molecular complexity index is 570. The Labute approximate surface area is 114 Å². The summed E-state index contributed by atoms with van der Waals surface area (Å²) in [5.74, 6) is -0.170. The number of rotatable bonds is 3. The molecule has 0 bridgehead atoms. The third-order valence-corrected chi connectivity index (χ3v) is 3.56. The zero-order valence-electron chi connectivity index (χ0n) is 10.1. The number of hydrogen-bond acceptors (Lipinski definition) is 4. The molecule has 0 aliphatic rings. The second-order valence-electron chi connectivity index (χ2n) is 3.70. The summed E-state index contributed by atoms with van der Waals surface area (Å²) in [5, 5.41) is 7.75. The van der Waals surface area contributed by atoms with E-state index in [-0.39, 0.29) is 10.4 Å². The lowest BCUT2D eigenvalue weighted by atomic mass is 10.2. The topological polar surface area (TPSA) is 46.1 Å². The van der Waals surface area contributed by atoms with E-state index in [4.69, 9.17) is 11.6 Å². The van der Waals surface area contributed by atoms with Crippen molar-refractivity contribution in [3.05, 3.63) is 39.3 Å². The van der Waals surface area contributed by atoms with Gasteiger partial charge in [0.15, 0.2) is 0 Å². The van der Waals surface area contributed by atoms with Crippen LogP contribution in [0.1, 0.15) is 22.3 Å². The maximum absolute atomic E-state index is 12.3. The van der Waals surface area contributed by atoms with Crippen LogP contribution in [-0.4, -0.2) is 22.6 Å². The van der Waals surface area contributed by atoms with Gasteiger partial charge in [-0.25, -0.2) is 0 Å². The SMILES string of the molecule is CCN(C(=O)c1nnc(Cl)s1)c1ccccc1C. The van der Waals surface area contributed by atoms with Gasteiger partial charge in [-0.05, 0) is 37.1 Å². The van der Waals surface area contributed by atoms with Crippen molar-refractivity contribution in [2.24, 2.45) is 0 Å². The Hall–Kier alpha value is -1.46. The van der Waals surface area contributed by atoms with Crippen molar-refractivity contribution < 1.29 is 4.79 Å². The molecule has 1 amide bonds. The van der Waals surface area contributed by atoms with Gasteiger partial charge in [0, 0.05) is 12.2 Å². The first-order valence-electron chi connectivity index (χ1n) is 5.50. The van der Waals surface area contributed by atoms with Gasteiger partial charge in [0.25, 0.3) is 5.91 Å². The summed E-state index contributed by atoms with van der Waals surface area (Å²) in [7, 11) is 0. The van der Waals surface area contributed by atoms with Gasteiger partial charge in [0.05, 0.1) is 0 Å². The molecular weight excluding hydrogens is 270 g/mol. The van der Waals surface area contributed by atoms with Gasteiger partial charge in [-0.3, -0.25) is 4.79 Å².